The summed E-state index contributed by atoms with van der Waals surface area (Å²) in [6.07, 6.45) is 4.84. The average Bonchev–Trinajstić information content (AvgIpc) is 2.75. The van der Waals surface area contributed by atoms with Gasteiger partial charge >= 0.3 is 0 Å². The summed E-state index contributed by atoms with van der Waals surface area (Å²) in [4.78, 5) is 25.9. The van der Waals surface area contributed by atoms with Crippen molar-refractivity contribution >= 4 is 17.5 Å². The number of benzene rings is 1. The maximum Gasteiger partial charge on any atom is 0.251 e. The number of carbonyl (C=O) groups is 2. The Labute approximate surface area is 125 Å². The van der Waals surface area contributed by atoms with Crippen LogP contribution in [0.5, 0.6) is 0 Å². The highest BCUT2D eigenvalue weighted by Crippen LogP contribution is 2.12. The van der Waals surface area contributed by atoms with E-state index in [0.29, 0.717) is 17.8 Å². The molecule has 1 aliphatic rings. The van der Waals surface area contributed by atoms with E-state index in [9.17, 15) is 9.59 Å². The van der Waals surface area contributed by atoms with Gasteiger partial charge in [-0.05, 0) is 44.1 Å². The number of hydrogen-bond acceptors (Lipinski definition) is 3. The van der Waals surface area contributed by atoms with Crippen LogP contribution in [-0.4, -0.2) is 43.4 Å². The maximum atomic E-state index is 12.1. The van der Waals surface area contributed by atoms with Gasteiger partial charge in [0.25, 0.3) is 5.91 Å². The Morgan fingerprint density at radius 2 is 1.86 bits per heavy atom. The summed E-state index contributed by atoms with van der Waals surface area (Å²) in [6, 6.07) is 6.99. The number of anilines is 1. The minimum atomic E-state index is -0.154. The van der Waals surface area contributed by atoms with E-state index in [1.54, 1.807) is 31.3 Å². The number of carbonyl (C=O) groups excluding carboxylic acids is 2. The first-order chi connectivity index (χ1) is 10.2. The molecule has 1 saturated heterocycles. The van der Waals surface area contributed by atoms with Crippen molar-refractivity contribution in [2.75, 3.05) is 32.0 Å². The number of nitrogens with zero attached hydrogens (tertiary/aromatic N) is 1. The fourth-order valence-corrected chi connectivity index (χ4v) is 2.58. The minimum Gasteiger partial charge on any atom is -0.355 e. The molecule has 1 aromatic carbocycles. The summed E-state index contributed by atoms with van der Waals surface area (Å²) in [5, 5.41) is 5.44. The van der Waals surface area contributed by atoms with Crippen LogP contribution in [0.1, 0.15) is 36.0 Å². The molecular formula is C16H23N3O2. The normalized spacial score (nSPS) is 16.0. The second kappa shape index (κ2) is 7.78. The van der Waals surface area contributed by atoms with E-state index >= 15 is 0 Å². The Bertz CT molecular complexity index is 494. The molecule has 0 unspecified atom stereocenters. The van der Waals surface area contributed by atoms with Crippen LogP contribution in [0.25, 0.3) is 0 Å². The van der Waals surface area contributed by atoms with E-state index in [1.807, 2.05) is 0 Å². The van der Waals surface area contributed by atoms with Crippen molar-refractivity contribution in [1.29, 1.82) is 0 Å². The second-order valence-corrected chi connectivity index (χ2v) is 5.40. The molecule has 0 aromatic heterocycles. The zero-order valence-electron chi connectivity index (χ0n) is 12.5. The Morgan fingerprint density at radius 1 is 1.14 bits per heavy atom. The zero-order valence-corrected chi connectivity index (χ0v) is 12.5. The molecule has 0 bridgehead atoms. The number of likely N-dealkylation sites (tertiary alicyclic amines) is 1. The van der Waals surface area contributed by atoms with E-state index in [-0.39, 0.29) is 11.8 Å². The van der Waals surface area contributed by atoms with E-state index in [2.05, 4.69) is 15.5 Å². The van der Waals surface area contributed by atoms with Crippen LogP contribution in [-0.2, 0) is 4.79 Å². The second-order valence-electron chi connectivity index (χ2n) is 5.40. The van der Waals surface area contributed by atoms with E-state index in [1.165, 1.54) is 25.7 Å². The first-order valence-corrected chi connectivity index (χ1v) is 7.53. The molecule has 2 N–H and O–H groups in total. The lowest BCUT2D eigenvalue weighted by Gasteiger charge is -2.19. The fourth-order valence-electron chi connectivity index (χ4n) is 2.58. The molecule has 0 radical (unpaired) electrons. The number of rotatable bonds is 4. The van der Waals surface area contributed by atoms with Gasteiger partial charge < -0.3 is 10.6 Å². The summed E-state index contributed by atoms with van der Waals surface area (Å²) in [6.45, 7) is 2.40. The quantitative estimate of drug-likeness (QED) is 0.889. The predicted octanol–water partition coefficient (Wildman–Crippen LogP) is 1.86. The van der Waals surface area contributed by atoms with Gasteiger partial charge in [0.1, 0.15) is 0 Å². The van der Waals surface area contributed by atoms with E-state index in [0.717, 1.165) is 13.1 Å². The van der Waals surface area contributed by atoms with Crippen molar-refractivity contribution in [1.82, 2.24) is 10.2 Å². The summed E-state index contributed by atoms with van der Waals surface area (Å²) >= 11 is 0. The SMILES string of the molecule is CNC(=O)c1cccc(NC(=O)CN2CCCCCC2)c1. The summed E-state index contributed by atoms with van der Waals surface area (Å²) < 4.78 is 0. The largest absolute Gasteiger partial charge is 0.355 e. The molecule has 1 aromatic rings. The first-order valence-electron chi connectivity index (χ1n) is 7.53. The minimum absolute atomic E-state index is 0.0223. The molecular weight excluding hydrogens is 266 g/mol. The van der Waals surface area contributed by atoms with E-state index < -0.39 is 0 Å². The third-order valence-corrected chi connectivity index (χ3v) is 3.70. The highest BCUT2D eigenvalue weighted by molar-refractivity contribution is 5.97. The fraction of sp³-hybridized carbons (Fsp3) is 0.500. The Hall–Kier alpha value is -1.88. The molecule has 0 aliphatic carbocycles. The van der Waals surface area contributed by atoms with Crippen molar-refractivity contribution in [3.8, 4) is 0 Å². The molecule has 1 fully saturated rings. The van der Waals surface area contributed by atoms with Crippen LogP contribution >= 0.6 is 0 Å². The standard InChI is InChI=1S/C16H23N3O2/c1-17-16(21)13-7-6-8-14(11-13)18-15(20)12-19-9-4-2-3-5-10-19/h6-8,11H,2-5,9-10,12H2,1H3,(H,17,21)(H,18,20). The van der Waals surface area contributed by atoms with Crippen molar-refractivity contribution < 1.29 is 9.59 Å². The lowest BCUT2D eigenvalue weighted by molar-refractivity contribution is -0.117. The lowest BCUT2D eigenvalue weighted by atomic mass is 10.2. The van der Waals surface area contributed by atoms with Gasteiger partial charge in [-0.3, -0.25) is 14.5 Å². The Morgan fingerprint density at radius 3 is 2.52 bits per heavy atom. The molecule has 0 atom stereocenters. The molecule has 5 nitrogen and oxygen atoms in total. The molecule has 1 aliphatic heterocycles. The van der Waals surface area contributed by atoms with Gasteiger partial charge in [-0.1, -0.05) is 18.9 Å². The van der Waals surface area contributed by atoms with Crippen molar-refractivity contribution in [3.05, 3.63) is 29.8 Å². The highest BCUT2D eigenvalue weighted by Gasteiger charge is 2.13. The maximum absolute atomic E-state index is 12.1. The third-order valence-electron chi connectivity index (χ3n) is 3.70. The van der Waals surface area contributed by atoms with Gasteiger partial charge in [0.05, 0.1) is 6.54 Å². The smallest absolute Gasteiger partial charge is 0.251 e. The first kappa shape index (κ1) is 15.5. The molecule has 114 valence electrons. The molecule has 21 heavy (non-hydrogen) atoms. The van der Waals surface area contributed by atoms with Crippen LogP contribution in [0.4, 0.5) is 5.69 Å². The van der Waals surface area contributed by atoms with Crippen LogP contribution in [0.15, 0.2) is 24.3 Å². The average molecular weight is 289 g/mol. The lowest BCUT2D eigenvalue weighted by Crippen LogP contribution is -2.34. The van der Waals surface area contributed by atoms with Crippen molar-refractivity contribution in [2.45, 2.75) is 25.7 Å². The van der Waals surface area contributed by atoms with Gasteiger partial charge in [-0.2, -0.15) is 0 Å². The van der Waals surface area contributed by atoms with Gasteiger partial charge in [-0.15, -0.1) is 0 Å². The Kier molecular flexibility index (Phi) is 5.75. The van der Waals surface area contributed by atoms with Gasteiger partial charge in [0, 0.05) is 18.3 Å². The summed E-state index contributed by atoms with van der Waals surface area (Å²) in [7, 11) is 1.59. The Balaban J connectivity index is 1.91. The van der Waals surface area contributed by atoms with Crippen LogP contribution in [0, 0.1) is 0 Å². The summed E-state index contributed by atoms with van der Waals surface area (Å²) in [5.74, 6) is -0.176. The highest BCUT2D eigenvalue weighted by atomic mass is 16.2. The van der Waals surface area contributed by atoms with E-state index in [4.69, 9.17) is 0 Å². The summed E-state index contributed by atoms with van der Waals surface area (Å²) in [5.41, 5.74) is 1.21. The molecule has 2 amide bonds. The zero-order chi connectivity index (χ0) is 15.1. The number of amides is 2. The van der Waals surface area contributed by atoms with Gasteiger partial charge in [-0.25, -0.2) is 0 Å². The van der Waals surface area contributed by atoms with Gasteiger partial charge in [0.15, 0.2) is 0 Å². The molecule has 0 saturated carbocycles. The number of nitrogens with one attached hydrogen (secondary N) is 2. The molecule has 2 rings (SSSR count). The van der Waals surface area contributed by atoms with Gasteiger partial charge in [0.2, 0.25) is 5.91 Å². The monoisotopic (exact) mass is 289 g/mol. The molecule has 1 heterocycles. The topological polar surface area (TPSA) is 61.4 Å². The predicted molar refractivity (Wildman–Crippen MR) is 83.4 cm³/mol. The number of hydrogen-bond donors (Lipinski definition) is 2. The van der Waals surface area contributed by atoms with Crippen LogP contribution < -0.4 is 10.6 Å². The van der Waals surface area contributed by atoms with Crippen molar-refractivity contribution in [2.24, 2.45) is 0 Å². The van der Waals surface area contributed by atoms with Crippen molar-refractivity contribution in [3.63, 3.8) is 0 Å². The van der Waals surface area contributed by atoms with Crippen LogP contribution in [0.3, 0.4) is 0 Å². The van der Waals surface area contributed by atoms with Crippen LogP contribution in [0.2, 0.25) is 0 Å². The molecule has 0 spiro atoms. The third kappa shape index (κ3) is 4.86. The molecule has 5 heteroatoms.